The van der Waals surface area contributed by atoms with Gasteiger partial charge in [-0.1, -0.05) is 0 Å². The van der Waals surface area contributed by atoms with Gasteiger partial charge in [0, 0.05) is 10.6 Å². The maximum absolute atomic E-state index is 4.17. The molecule has 2 heterocycles. The van der Waals surface area contributed by atoms with Crippen LogP contribution in [0, 0.1) is 5.51 Å². The van der Waals surface area contributed by atoms with Crippen LogP contribution >= 0.6 is 23.1 Å². The monoisotopic (exact) mass is 170 g/mol. The van der Waals surface area contributed by atoms with Crippen LogP contribution in [0.5, 0.6) is 0 Å². The van der Waals surface area contributed by atoms with Crippen LogP contribution in [0.15, 0.2) is 5.38 Å². The maximum atomic E-state index is 4.17. The molecule has 0 aliphatic carbocycles. The van der Waals surface area contributed by atoms with Gasteiger partial charge in [0.2, 0.25) is 0 Å². The fourth-order valence-corrected chi connectivity index (χ4v) is 3.03. The third-order valence-electron chi connectivity index (χ3n) is 1.67. The lowest BCUT2D eigenvalue weighted by molar-refractivity contribution is 0.812. The molecule has 1 saturated heterocycles. The highest BCUT2D eigenvalue weighted by Crippen LogP contribution is 2.39. The minimum atomic E-state index is 0.683. The Hall–Kier alpha value is -0.0200. The molecule has 1 nitrogen and oxygen atoms in total. The molecule has 1 unspecified atom stereocenters. The Labute approximate surface area is 68.9 Å². The number of hydrogen-bond donors (Lipinski definition) is 0. The summed E-state index contributed by atoms with van der Waals surface area (Å²) in [7, 11) is 0. The molecule has 1 aromatic heterocycles. The fourth-order valence-electron chi connectivity index (χ4n) is 1.15. The minimum Gasteiger partial charge on any atom is -0.237 e. The third kappa shape index (κ3) is 1.20. The largest absolute Gasteiger partial charge is 0.237 e. The van der Waals surface area contributed by atoms with Crippen molar-refractivity contribution in [3.05, 3.63) is 16.6 Å². The lowest BCUT2D eigenvalue weighted by Crippen LogP contribution is -1.86. The zero-order valence-corrected chi connectivity index (χ0v) is 7.17. The number of rotatable bonds is 1. The Morgan fingerprint density at radius 3 is 3.30 bits per heavy atom. The van der Waals surface area contributed by atoms with Gasteiger partial charge in [-0.05, 0) is 18.6 Å². The summed E-state index contributed by atoms with van der Waals surface area (Å²) in [5.41, 5.74) is 4.13. The Balaban J connectivity index is 2.12. The first kappa shape index (κ1) is 6.68. The molecule has 0 aromatic carbocycles. The Morgan fingerprint density at radius 2 is 2.70 bits per heavy atom. The molecule has 1 fully saturated rings. The average molecular weight is 170 g/mol. The topological polar surface area (TPSA) is 12.9 Å². The van der Waals surface area contributed by atoms with Gasteiger partial charge in [0.25, 0.3) is 0 Å². The summed E-state index contributed by atoms with van der Waals surface area (Å²) in [5.74, 6) is 1.31. The van der Waals surface area contributed by atoms with Crippen LogP contribution in [-0.2, 0) is 0 Å². The molecule has 1 aromatic rings. The number of thioether (sulfide) groups is 1. The van der Waals surface area contributed by atoms with Gasteiger partial charge in [0.1, 0.15) is 0 Å². The third-order valence-corrected chi connectivity index (χ3v) is 3.63. The van der Waals surface area contributed by atoms with Gasteiger partial charge in [-0.3, -0.25) is 0 Å². The van der Waals surface area contributed by atoms with Crippen molar-refractivity contribution in [2.24, 2.45) is 0 Å². The van der Waals surface area contributed by atoms with E-state index in [-0.39, 0.29) is 0 Å². The Kier molecular flexibility index (Phi) is 1.95. The van der Waals surface area contributed by atoms with Crippen LogP contribution in [0.2, 0.25) is 0 Å². The van der Waals surface area contributed by atoms with Crippen LogP contribution in [0.4, 0.5) is 0 Å². The molecule has 0 bridgehead atoms. The highest BCUT2D eigenvalue weighted by Gasteiger charge is 2.18. The Morgan fingerprint density at radius 1 is 1.70 bits per heavy atom. The summed E-state index contributed by atoms with van der Waals surface area (Å²) in [6, 6.07) is 0. The van der Waals surface area contributed by atoms with Gasteiger partial charge in [-0.2, -0.15) is 11.8 Å². The zero-order valence-electron chi connectivity index (χ0n) is 5.54. The van der Waals surface area contributed by atoms with E-state index in [0.717, 1.165) is 0 Å². The maximum Gasteiger partial charge on any atom is 0.152 e. The van der Waals surface area contributed by atoms with Crippen molar-refractivity contribution in [3.63, 3.8) is 0 Å². The Bertz CT molecular complexity index is 189. The average Bonchev–Trinajstić information content (AvgIpc) is 2.59. The molecule has 10 heavy (non-hydrogen) atoms. The fraction of sp³-hybridized carbons (Fsp3) is 0.571. The first-order valence-electron chi connectivity index (χ1n) is 3.40. The summed E-state index contributed by atoms with van der Waals surface area (Å²) in [4.78, 5) is 4.17. The molecule has 1 aliphatic rings. The van der Waals surface area contributed by atoms with Crippen molar-refractivity contribution in [1.29, 1.82) is 0 Å². The van der Waals surface area contributed by atoms with Gasteiger partial charge in [0.05, 0.1) is 5.69 Å². The second-order valence-corrected chi connectivity index (χ2v) is 4.33. The van der Waals surface area contributed by atoms with E-state index in [4.69, 9.17) is 0 Å². The smallest absolute Gasteiger partial charge is 0.152 e. The molecule has 1 radical (unpaired) electrons. The molecule has 1 atom stereocenters. The molecule has 0 N–H and O–H groups in total. The summed E-state index contributed by atoms with van der Waals surface area (Å²) >= 11 is 3.60. The van der Waals surface area contributed by atoms with Crippen LogP contribution in [-0.4, -0.2) is 10.7 Å². The van der Waals surface area contributed by atoms with Crippen molar-refractivity contribution in [1.82, 2.24) is 4.98 Å². The number of aromatic nitrogens is 1. The first-order valence-corrected chi connectivity index (χ1v) is 5.33. The lowest BCUT2D eigenvalue weighted by Gasteiger charge is -2.01. The van der Waals surface area contributed by atoms with Crippen LogP contribution in [0.1, 0.15) is 23.8 Å². The molecule has 1 aliphatic heterocycles. The molecule has 53 valence electrons. The van der Waals surface area contributed by atoms with Crippen molar-refractivity contribution >= 4 is 23.1 Å². The summed E-state index contributed by atoms with van der Waals surface area (Å²) in [6.45, 7) is 0. The number of hydrogen-bond acceptors (Lipinski definition) is 3. The van der Waals surface area contributed by atoms with E-state index in [1.165, 1.54) is 24.3 Å². The zero-order chi connectivity index (χ0) is 6.81. The first-order chi connectivity index (χ1) is 4.97. The molecular formula is C7H8NS2. The molecule has 2 rings (SSSR count). The van der Waals surface area contributed by atoms with Crippen molar-refractivity contribution in [2.45, 2.75) is 18.1 Å². The second-order valence-electron chi connectivity index (χ2n) is 2.37. The van der Waals surface area contributed by atoms with E-state index >= 15 is 0 Å². The van der Waals surface area contributed by atoms with Gasteiger partial charge < -0.3 is 0 Å². The van der Waals surface area contributed by atoms with Crippen LogP contribution in [0.3, 0.4) is 0 Å². The quantitative estimate of drug-likeness (QED) is 0.642. The standard InChI is InChI=1S/C7H8NS2/c1-2-7(10-3-1)6-4-9-5-8-6/h4,7H,1-3H2. The van der Waals surface area contributed by atoms with E-state index in [1.807, 2.05) is 11.8 Å². The lowest BCUT2D eigenvalue weighted by atomic mass is 10.2. The predicted molar refractivity (Wildman–Crippen MR) is 45.4 cm³/mol. The van der Waals surface area contributed by atoms with Crippen molar-refractivity contribution in [3.8, 4) is 0 Å². The van der Waals surface area contributed by atoms with Gasteiger partial charge in [0.15, 0.2) is 5.51 Å². The van der Waals surface area contributed by atoms with Gasteiger partial charge >= 0.3 is 0 Å². The van der Waals surface area contributed by atoms with E-state index in [1.54, 1.807) is 11.3 Å². The molecule has 0 spiro atoms. The SMILES string of the molecule is [c]1nc(C2CCCS2)cs1. The molecular weight excluding hydrogens is 162 g/mol. The summed E-state index contributed by atoms with van der Waals surface area (Å²) in [5, 5.41) is 2.80. The highest BCUT2D eigenvalue weighted by atomic mass is 32.2. The van der Waals surface area contributed by atoms with Crippen molar-refractivity contribution < 1.29 is 0 Å². The number of nitrogens with zero attached hydrogens (tertiary/aromatic N) is 1. The predicted octanol–water partition coefficient (Wildman–Crippen LogP) is 2.51. The molecule has 0 saturated carbocycles. The normalized spacial score (nSPS) is 25.4. The number of thiazole rings is 1. The molecule has 0 amide bonds. The van der Waals surface area contributed by atoms with E-state index in [2.05, 4.69) is 15.9 Å². The van der Waals surface area contributed by atoms with Gasteiger partial charge in [-0.25, -0.2) is 4.98 Å². The van der Waals surface area contributed by atoms with Crippen molar-refractivity contribution in [2.75, 3.05) is 5.75 Å². The summed E-state index contributed by atoms with van der Waals surface area (Å²) < 4.78 is 0. The molecule has 3 heteroatoms. The highest BCUT2D eigenvalue weighted by molar-refractivity contribution is 7.99. The van der Waals surface area contributed by atoms with E-state index < -0.39 is 0 Å². The minimum absolute atomic E-state index is 0.683. The second kappa shape index (κ2) is 2.93. The van der Waals surface area contributed by atoms with Gasteiger partial charge in [-0.15, -0.1) is 11.3 Å². The summed E-state index contributed by atoms with van der Waals surface area (Å²) in [6.07, 6.45) is 2.66. The van der Waals surface area contributed by atoms with Crippen LogP contribution < -0.4 is 0 Å². The van der Waals surface area contributed by atoms with Crippen LogP contribution in [0.25, 0.3) is 0 Å². The van der Waals surface area contributed by atoms with E-state index in [9.17, 15) is 0 Å². The van der Waals surface area contributed by atoms with E-state index in [0.29, 0.717) is 5.25 Å².